The van der Waals surface area contributed by atoms with Crippen molar-refractivity contribution in [3.8, 4) is 0 Å². The number of furan rings is 1. The Hall–Kier alpha value is -4.57. The smallest absolute Gasteiger partial charge is 0.335 e. The number of hydrogen-bond donors (Lipinski definition) is 2. The van der Waals surface area contributed by atoms with Crippen LogP contribution in [0, 0.1) is 28.6 Å². The molecule has 0 aromatic carbocycles. The van der Waals surface area contributed by atoms with Crippen LogP contribution in [0.4, 0.5) is 0 Å². The highest BCUT2D eigenvalue weighted by Gasteiger charge is 2.77. The number of aliphatic hydroxyl groups is 2. The number of esters is 5. The topological polar surface area (TPSA) is 228 Å². The maximum absolute atomic E-state index is 14.4. The first-order valence-electron chi connectivity index (χ1n) is 17.7. The second-order valence-corrected chi connectivity index (χ2v) is 15.2. The molecule has 0 amide bonds. The van der Waals surface area contributed by atoms with Crippen LogP contribution in [-0.4, -0.2) is 102 Å². The maximum atomic E-state index is 14.4. The van der Waals surface area contributed by atoms with Crippen molar-refractivity contribution < 1.29 is 76.6 Å². The molecule has 3 aliphatic rings. The molecule has 3 fully saturated rings. The van der Waals surface area contributed by atoms with Gasteiger partial charge in [0.15, 0.2) is 17.5 Å². The fraction of sp³-hybridized carbons (Fsp3) is 0.658. The van der Waals surface area contributed by atoms with Crippen molar-refractivity contribution in [1.29, 1.82) is 0 Å². The van der Waals surface area contributed by atoms with Crippen molar-refractivity contribution in [2.24, 2.45) is 28.6 Å². The maximum Gasteiger partial charge on any atom is 0.335 e. The summed E-state index contributed by atoms with van der Waals surface area (Å²) in [5.41, 5.74) is -8.16. The quantitative estimate of drug-likeness (QED) is 0.127. The lowest BCUT2D eigenvalue weighted by atomic mass is 9.46. The average Bonchev–Trinajstić information content (AvgIpc) is 3.70. The van der Waals surface area contributed by atoms with Crippen molar-refractivity contribution in [2.75, 3.05) is 13.7 Å². The summed E-state index contributed by atoms with van der Waals surface area (Å²) >= 11 is 0. The number of rotatable bonds is 13. The van der Waals surface area contributed by atoms with Crippen molar-refractivity contribution in [3.05, 3.63) is 36.3 Å². The number of Topliss-reactive ketones (excluding diaryl/α,β-unsaturated/α-hetero) is 1. The second-order valence-electron chi connectivity index (χ2n) is 15.2. The fourth-order valence-electron chi connectivity index (χ4n) is 9.16. The minimum absolute atomic E-state index is 0.0597. The largest absolute Gasteiger partial charge is 0.472 e. The molecule has 1 aliphatic heterocycles. The van der Waals surface area contributed by atoms with Crippen LogP contribution in [0.1, 0.15) is 85.6 Å². The molecule has 2 heterocycles. The molecule has 12 atom stereocenters. The van der Waals surface area contributed by atoms with Gasteiger partial charge in [-0.05, 0) is 30.0 Å². The number of cyclic esters (lactones) is 1. The highest BCUT2D eigenvalue weighted by molar-refractivity contribution is 5.96. The number of fused-ring (bicyclic) bond motifs is 1. The zero-order valence-corrected chi connectivity index (χ0v) is 31.8. The number of carbonyl (C=O) groups is 7. The number of ether oxygens (including phenoxy) is 6. The molecule has 16 nitrogen and oxygen atoms in total. The van der Waals surface area contributed by atoms with Gasteiger partial charge in [0, 0.05) is 43.4 Å². The number of ketones is 1. The Balaban J connectivity index is 2.13. The standard InChI is InChI=1S/C38H50O16/c1-10-19(2)31(45)34(46)53-33-32(51-18-39)30(20(3)38(47)26(42)13-24(37(33,38)8)23-11-12-49-16-23)36(7)25(14-28(43)48-9)35(6,17-50-21(4)40)54-29(44)15-27(36)52-22(5)41/h11-12,16,18-19,24-25,27,30-33,45,47H,3,10,13-15,17H2,1-2,4-9H3/t19?,24-,25?,27-,30?,31?,32?,33-,35+,36?,37+,38?/m0/s1. The molecule has 1 aromatic heterocycles. The first kappa shape index (κ1) is 42.2. The van der Waals surface area contributed by atoms with Gasteiger partial charge in [-0.2, -0.15) is 0 Å². The zero-order chi connectivity index (χ0) is 40.6. The predicted molar refractivity (Wildman–Crippen MR) is 183 cm³/mol. The van der Waals surface area contributed by atoms with Gasteiger partial charge in [-0.3, -0.25) is 28.8 Å². The second kappa shape index (κ2) is 15.7. The van der Waals surface area contributed by atoms with Gasteiger partial charge < -0.3 is 43.1 Å². The summed E-state index contributed by atoms with van der Waals surface area (Å²) in [6, 6.07) is 1.56. The van der Waals surface area contributed by atoms with Crippen LogP contribution in [0.15, 0.2) is 35.2 Å². The Labute approximate surface area is 312 Å². The monoisotopic (exact) mass is 762 g/mol. The fourth-order valence-corrected chi connectivity index (χ4v) is 9.16. The van der Waals surface area contributed by atoms with Crippen LogP contribution in [0.3, 0.4) is 0 Å². The molecule has 0 radical (unpaired) electrons. The lowest BCUT2D eigenvalue weighted by molar-refractivity contribution is -0.239. The summed E-state index contributed by atoms with van der Waals surface area (Å²) in [5.74, 6) is -9.90. The van der Waals surface area contributed by atoms with Crippen molar-refractivity contribution in [1.82, 2.24) is 0 Å². The van der Waals surface area contributed by atoms with E-state index in [0.29, 0.717) is 12.0 Å². The molecule has 298 valence electrons. The molecule has 16 heteroatoms. The SMILES string of the molecule is C=C1C(C2(C)C(CC(=O)OC)[C@@](C)(COC(C)=O)OC(=O)C[C@@H]2OC(C)=O)C(OC=O)[C@H](OC(=O)C(O)C(C)CC)[C@@]2(C)[C@H](c3ccoc3)CC(=O)C12O. The zero-order valence-electron chi connectivity index (χ0n) is 31.8. The molecule has 1 saturated heterocycles. The van der Waals surface area contributed by atoms with E-state index in [4.69, 9.17) is 32.8 Å². The lowest BCUT2D eigenvalue weighted by Crippen LogP contribution is -2.72. The van der Waals surface area contributed by atoms with E-state index in [2.05, 4.69) is 6.58 Å². The van der Waals surface area contributed by atoms with E-state index >= 15 is 0 Å². The number of methoxy groups -OCH3 is 1. The van der Waals surface area contributed by atoms with Gasteiger partial charge >= 0.3 is 29.8 Å². The Bertz CT molecular complexity index is 1650. The van der Waals surface area contributed by atoms with Crippen LogP contribution < -0.4 is 0 Å². The van der Waals surface area contributed by atoms with E-state index in [1.165, 1.54) is 33.3 Å². The summed E-state index contributed by atoms with van der Waals surface area (Å²) in [5, 5.41) is 24.1. The predicted octanol–water partition coefficient (Wildman–Crippen LogP) is 2.51. The van der Waals surface area contributed by atoms with Crippen LogP contribution in [0.25, 0.3) is 0 Å². The van der Waals surface area contributed by atoms with E-state index in [-0.39, 0.29) is 18.5 Å². The number of aliphatic hydroxyl groups excluding tert-OH is 1. The molecule has 4 rings (SSSR count). The molecule has 0 bridgehead atoms. The van der Waals surface area contributed by atoms with E-state index in [1.807, 2.05) is 0 Å². The van der Waals surface area contributed by atoms with Crippen molar-refractivity contribution in [2.45, 2.75) is 116 Å². The molecule has 0 spiro atoms. The highest BCUT2D eigenvalue weighted by atomic mass is 16.6. The molecule has 2 aliphatic carbocycles. The van der Waals surface area contributed by atoms with Crippen LogP contribution in [0.5, 0.6) is 0 Å². The van der Waals surface area contributed by atoms with E-state index < -0.39 is 125 Å². The normalized spacial score (nSPS) is 36.1. The minimum Gasteiger partial charge on any atom is -0.472 e. The molecule has 2 saturated carbocycles. The lowest BCUT2D eigenvalue weighted by Gasteiger charge is -2.61. The highest BCUT2D eigenvalue weighted by Crippen LogP contribution is 2.68. The minimum atomic E-state index is -2.60. The van der Waals surface area contributed by atoms with Gasteiger partial charge in [0.1, 0.15) is 30.5 Å². The summed E-state index contributed by atoms with van der Waals surface area (Å²) in [6.07, 6.45) is -5.26. The van der Waals surface area contributed by atoms with E-state index in [9.17, 15) is 43.8 Å². The molecule has 7 unspecified atom stereocenters. The van der Waals surface area contributed by atoms with Crippen molar-refractivity contribution in [3.63, 3.8) is 0 Å². The van der Waals surface area contributed by atoms with Gasteiger partial charge in [0.2, 0.25) is 0 Å². The Morgan fingerprint density at radius 2 is 1.76 bits per heavy atom. The van der Waals surface area contributed by atoms with E-state index in [0.717, 1.165) is 21.0 Å². The van der Waals surface area contributed by atoms with Gasteiger partial charge in [-0.25, -0.2) is 4.79 Å². The van der Waals surface area contributed by atoms with Crippen molar-refractivity contribution >= 4 is 42.1 Å². The molecular formula is C38H50O16. The molecular weight excluding hydrogens is 712 g/mol. The first-order chi connectivity index (χ1) is 25.2. The van der Waals surface area contributed by atoms with Crippen LogP contribution >= 0.6 is 0 Å². The third-order valence-corrected chi connectivity index (χ3v) is 12.2. The Morgan fingerprint density at radius 3 is 2.30 bits per heavy atom. The molecule has 1 aromatic rings. The Morgan fingerprint density at radius 1 is 1.09 bits per heavy atom. The van der Waals surface area contributed by atoms with Crippen LogP contribution in [-0.2, 0) is 62.0 Å². The summed E-state index contributed by atoms with van der Waals surface area (Å²) in [7, 11) is 1.10. The van der Waals surface area contributed by atoms with Crippen LogP contribution in [0.2, 0.25) is 0 Å². The van der Waals surface area contributed by atoms with Gasteiger partial charge in [-0.15, -0.1) is 0 Å². The Kier molecular flexibility index (Phi) is 12.2. The summed E-state index contributed by atoms with van der Waals surface area (Å²) in [6.45, 7) is 13.5. The third-order valence-electron chi connectivity index (χ3n) is 12.2. The van der Waals surface area contributed by atoms with E-state index in [1.54, 1.807) is 19.9 Å². The summed E-state index contributed by atoms with van der Waals surface area (Å²) < 4.78 is 39.4. The van der Waals surface area contributed by atoms with Gasteiger partial charge in [0.05, 0.1) is 37.9 Å². The first-order valence-corrected chi connectivity index (χ1v) is 17.7. The third kappa shape index (κ3) is 6.93. The number of hydrogen-bond acceptors (Lipinski definition) is 16. The van der Waals surface area contributed by atoms with Gasteiger partial charge in [-0.1, -0.05) is 40.7 Å². The average molecular weight is 763 g/mol. The number of carbonyl (C=O) groups excluding carboxylic acids is 7. The molecule has 2 N–H and O–H groups in total. The summed E-state index contributed by atoms with van der Waals surface area (Å²) in [4.78, 5) is 92.7. The molecule has 54 heavy (non-hydrogen) atoms. The van der Waals surface area contributed by atoms with Gasteiger partial charge in [0.25, 0.3) is 6.47 Å².